The molecule has 0 unspecified atom stereocenters. The number of amidine groups is 1. The van der Waals surface area contributed by atoms with Gasteiger partial charge in [0.15, 0.2) is 0 Å². The number of likely N-dealkylation sites (tertiary alicyclic amines) is 1. The Bertz CT molecular complexity index is 834. The monoisotopic (exact) mass is 407 g/mol. The SMILES string of the molecule is C#CCNC1=NC(=O)S/C1=C\C1CCN(Cc2ccccc2C(F)(F)F)CC1. The Hall–Kier alpha value is -2.24. The van der Waals surface area contributed by atoms with Crippen molar-refractivity contribution in [1.82, 2.24) is 10.2 Å². The second-order valence-corrected chi connectivity index (χ2v) is 7.68. The maximum Gasteiger partial charge on any atom is 0.416 e. The fourth-order valence-corrected chi connectivity index (χ4v) is 4.15. The zero-order chi connectivity index (χ0) is 20.1. The molecule has 28 heavy (non-hydrogen) atoms. The summed E-state index contributed by atoms with van der Waals surface area (Å²) in [6, 6.07) is 5.72. The van der Waals surface area contributed by atoms with Gasteiger partial charge in [0.1, 0.15) is 5.84 Å². The summed E-state index contributed by atoms with van der Waals surface area (Å²) in [5, 5.41) is 2.68. The number of thioether (sulfide) groups is 1. The van der Waals surface area contributed by atoms with Gasteiger partial charge in [-0.1, -0.05) is 30.2 Å². The van der Waals surface area contributed by atoms with Crippen LogP contribution in [0.2, 0.25) is 0 Å². The van der Waals surface area contributed by atoms with Crippen molar-refractivity contribution < 1.29 is 18.0 Å². The molecule has 0 aliphatic carbocycles. The van der Waals surface area contributed by atoms with Crippen LogP contribution in [-0.4, -0.2) is 35.6 Å². The number of amides is 1. The van der Waals surface area contributed by atoms with Gasteiger partial charge in [0, 0.05) is 6.54 Å². The normalized spacial score (nSPS) is 20.3. The van der Waals surface area contributed by atoms with Gasteiger partial charge in [0.25, 0.3) is 0 Å². The van der Waals surface area contributed by atoms with Crippen LogP contribution in [0.15, 0.2) is 40.2 Å². The van der Waals surface area contributed by atoms with Crippen LogP contribution in [-0.2, 0) is 12.7 Å². The second kappa shape index (κ2) is 8.84. The Morgan fingerprint density at radius 1 is 1.32 bits per heavy atom. The molecule has 2 aliphatic heterocycles. The largest absolute Gasteiger partial charge is 0.416 e. The number of allylic oxidation sites excluding steroid dienone is 1. The van der Waals surface area contributed by atoms with E-state index in [4.69, 9.17) is 6.42 Å². The fraction of sp³-hybridized carbons (Fsp3) is 0.400. The van der Waals surface area contributed by atoms with Crippen LogP contribution in [0.25, 0.3) is 0 Å². The average Bonchev–Trinajstić information content (AvgIpc) is 3.00. The molecular formula is C20H20F3N3OS. The predicted octanol–water partition coefficient (Wildman–Crippen LogP) is 4.29. The number of carbonyl (C=O) groups is 1. The molecule has 0 aromatic heterocycles. The first-order chi connectivity index (χ1) is 13.4. The summed E-state index contributed by atoms with van der Waals surface area (Å²) in [7, 11) is 0. The van der Waals surface area contributed by atoms with Crippen LogP contribution < -0.4 is 5.32 Å². The smallest absolute Gasteiger partial charge is 0.358 e. The molecule has 0 bridgehead atoms. The summed E-state index contributed by atoms with van der Waals surface area (Å²) in [6.07, 6.45) is 4.55. The van der Waals surface area contributed by atoms with Gasteiger partial charge in [-0.15, -0.1) is 6.42 Å². The van der Waals surface area contributed by atoms with Crippen molar-refractivity contribution in [2.75, 3.05) is 19.6 Å². The highest BCUT2D eigenvalue weighted by atomic mass is 32.2. The van der Waals surface area contributed by atoms with Crippen molar-refractivity contribution in [3.63, 3.8) is 0 Å². The van der Waals surface area contributed by atoms with Crippen LogP contribution in [0.3, 0.4) is 0 Å². The number of carbonyl (C=O) groups excluding carboxylic acids is 1. The number of nitrogens with zero attached hydrogens (tertiary/aromatic N) is 2. The molecular weight excluding hydrogens is 387 g/mol. The highest BCUT2D eigenvalue weighted by Gasteiger charge is 2.33. The first-order valence-corrected chi connectivity index (χ1v) is 9.76. The van der Waals surface area contributed by atoms with Gasteiger partial charge in [0.05, 0.1) is 17.0 Å². The molecule has 1 fully saturated rings. The average molecular weight is 407 g/mol. The quantitative estimate of drug-likeness (QED) is 0.757. The summed E-state index contributed by atoms with van der Waals surface area (Å²) < 4.78 is 39.5. The van der Waals surface area contributed by atoms with E-state index in [2.05, 4.69) is 16.2 Å². The Balaban J connectivity index is 1.59. The van der Waals surface area contributed by atoms with E-state index in [9.17, 15) is 18.0 Å². The molecule has 0 spiro atoms. The molecule has 1 aromatic rings. The van der Waals surface area contributed by atoms with Crippen molar-refractivity contribution in [3.8, 4) is 12.3 Å². The van der Waals surface area contributed by atoms with E-state index in [-0.39, 0.29) is 17.7 Å². The Labute approximate surface area is 166 Å². The van der Waals surface area contributed by atoms with E-state index < -0.39 is 11.7 Å². The van der Waals surface area contributed by atoms with Crippen LogP contribution in [0.5, 0.6) is 0 Å². The minimum atomic E-state index is -4.34. The zero-order valence-electron chi connectivity index (χ0n) is 15.1. The molecule has 0 atom stereocenters. The molecule has 2 aliphatic rings. The number of terminal acetylenes is 1. The van der Waals surface area contributed by atoms with Gasteiger partial charge in [-0.05, 0) is 55.2 Å². The van der Waals surface area contributed by atoms with Crippen LogP contribution >= 0.6 is 11.8 Å². The van der Waals surface area contributed by atoms with E-state index in [1.54, 1.807) is 6.07 Å². The summed E-state index contributed by atoms with van der Waals surface area (Å²) in [6.45, 7) is 1.97. The Morgan fingerprint density at radius 3 is 2.71 bits per heavy atom. The topological polar surface area (TPSA) is 44.7 Å². The molecule has 148 valence electrons. The number of hydrogen-bond donors (Lipinski definition) is 1. The maximum atomic E-state index is 13.2. The van der Waals surface area contributed by atoms with Gasteiger partial charge in [0.2, 0.25) is 0 Å². The maximum absolute atomic E-state index is 13.2. The first-order valence-electron chi connectivity index (χ1n) is 8.94. The molecule has 1 amide bonds. The first kappa shape index (κ1) is 20.5. The molecule has 2 heterocycles. The highest BCUT2D eigenvalue weighted by Crippen LogP contribution is 2.34. The van der Waals surface area contributed by atoms with Gasteiger partial charge in [-0.25, -0.2) is 0 Å². The number of piperidine rings is 1. The molecule has 0 radical (unpaired) electrons. The van der Waals surface area contributed by atoms with Crippen molar-refractivity contribution in [2.45, 2.75) is 25.6 Å². The number of nitrogens with one attached hydrogen (secondary N) is 1. The number of rotatable bonds is 4. The lowest BCUT2D eigenvalue weighted by Crippen LogP contribution is -2.33. The van der Waals surface area contributed by atoms with Gasteiger partial charge < -0.3 is 5.32 Å². The van der Waals surface area contributed by atoms with E-state index in [1.165, 1.54) is 12.1 Å². The Kier molecular flexibility index (Phi) is 6.47. The number of halogens is 3. The van der Waals surface area contributed by atoms with Crippen molar-refractivity contribution in [1.29, 1.82) is 0 Å². The summed E-state index contributed by atoms with van der Waals surface area (Å²) in [4.78, 5) is 18.3. The summed E-state index contributed by atoms with van der Waals surface area (Å²) >= 11 is 1.07. The zero-order valence-corrected chi connectivity index (χ0v) is 15.9. The standard InChI is InChI=1S/C20H20F3N3OS/c1-2-9-24-18-17(28-19(27)25-18)12-14-7-10-26(11-8-14)13-15-5-3-4-6-16(15)20(21,22)23/h1,3-6,12,14H,7-11,13H2,(H,24,25,27)/b17-12-. The lowest BCUT2D eigenvalue weighted by atomic mass is 9.95. The number of hydrogen-bond acceptors (Lipinski definition) is 4. The lowest BCUT2D eigenvalue weighted by Gasteiger charge is -2.31. The van der Waals surface area contributed by atoms with E-state index in [0.29, 0.717) is 31.0 Å². The van der Waals surface area contributed by atoms with Crippen LogP contribution in [0, 0.1) is 18.3 Å². The van der Waals surface area contributed by atoms with Gasteiger partial charge >= 0.3 is 11.4 Å². The summed E-state index contributed by atoms with van der Waals surface area (Å²) in [5.41, 5.74) is -0.266. The fourth-order valence-electron chi connectivity index (χ4n) is 3.35. The van der Waals surface area contributed by atoms with E-state index >= 15 is 0 Å². The molecule has 1 aromatic carbocycles. The molecule has 1 saturated heterocycles. The van der Waals surface area contributed by atoms with E-state index in [0.717, 1.165) is 35.6 Å². The van der Waals surface area contributed by atoms with Crippen molar-refractivity contribution in [3.05, 3.63) is 46.4 Å². The van der Waals surface area contributed by atoms with Crippen LogP contribution in [0.4, 0.5) is 18.0 Å². The van der Waals surface area contributed by atoms with Gasteiger partial charge in [-0.3, -0.25) is 9.69 Å². The third kappa shape index (κ3) is 5.18. The number of aliphatic imine (C=N–C) groups is 1. The number of benzene rings is 1. The lowest BCUT2D eigenvalue weighted by molar-refractivity contribution is -0.138. The molecule has 4 nitrogen and oxygen atoms in total. The molecule has 1 N–H and O–H groups in total. The van der Waals surface area contributed by atoms with Crippen LogP contribution in [0.1, 0.15) is 24.0 Å². The second-order valence-electron chi connectivity index (χ2n) is 6.69. The highest BCUT2D eigenvalue weighted by molar-refractivity contribution is 8.18. The summed E-state index contributed by atoms with van der Waals surface area (Å²) in [5.74, 6) is 3.21. The van der Waals surface area contributed by atoms with Gasteiger partial charge in [-0.2, -0.15) is 18.2 Å². The molecule has 0 saturated carbocycles. The molecule has 3 rings (SSSR count). The molecule has 8 heteroatoms. The third-order valence-corrected chi connectivity index (χ3v) is 5.54. The number of alkyl halides is 3. The third-order valence-electron chi connectivity index (χ3n) is 4.73. The minimum Gasteiger partial charge on any atom is -0.358 e. The minimum absolute atomic E-state index is 0.250. The van der Waals surface area contributed by atoms with E-state index in [1.807, 2.05) is 11.0 Å². The van der Waals surface area contributed by atoms with Crippen molar-refractivity contribution in [2.24, 2.45) is 10.9 Å². The Morgan fingerprint density at radius 2 is 2.04 bits per heavy atom. The predicted molar refractivity (Wildman–Crippen MR) is 105 cm³/mol. The van der Waals surface area contributed by atoms with Crippen molar-refractivity contribution >= 4 is 22.8 Å².